The third kappa shape index (κ3) is 4.28. The van der Waals surface area contributed by atoms with Crippen molar-refractivity contribution in [2.45, 2.75) is 25.4 Å². The van der Waals surface area contributed by atoms with Crippen LogP contribution in [0.1, 0.15) is 28.8 Å². The van der Waals surface area contributed by atoms with Crippen molar-refractivity contribution < 1.29 is 23.2 Å². The Morgan fingerprint density at radius 1 is 1.04 bits per heavy atom. The van der Waals surface area contributed by atoms with E-state index in [-0.39, 0.29) is 24.9 Å². The van der Waals surface area contributed by atoms with E-state index >= 15 is 0 Å². The zero-order chi connectivity index (χ0) is 19.4. The number of hydrogen-bond acceptors (Lipinski definition) is 3. The molecule has 3 amide bonds. The van der Waals surface area contributed by atoms with Crippen molar-refractivity contribution in [3.05, 3.63) is 65.2 Å². The zero-order valence-electron chi connectivity index (χ0n) is 14.2. The molecule has 0 radical (unpaired) electrons. The maximum atomic E-state index is 13.6. The molecule has 2 aromatic rings. The molecule has 1 atom stereocenters. The normalized spacial score (nSPS) is 16.0. The highest BCUT2D eigenvalue weighted by atomic mass is 19.1. The standard InChI is InChI=1S/C19H17F2N3O3/c20-13-5-3-6-14(21)12(13)10-22-17(25)9-8-16-19(27)23-15-7-2-1-4-11(15)18(26)24-16/h1-7,16H,8-10H2,(H,22,25)(H,23,27)(H,24,26). The number of nitrogens with one attached hydrogen (secondary N) is 3. The van der Waals surface area contributed by atoms with Crippen molar-refractivity contribution in [1.82, 2.24) is 10.6 Å². The molecule has 2 aromatic carbocycles. The Hall–Kier alpha value is -3.29. The molecule has 1 heterocycles. The number of rotatable bonds is 5. The topological polar surface area (TPSA) is 87.3 Å². The molecule has 8 heteroatoms. The van der Waals surface area contributed by atoms with Gasteiger partial charge in [-0.15, -0.1) is 0 Å². The third-order valence-electron chi connectivity index (χ3n) is 4.24. The highest BCUT2D eigenvalue weighted by Crippen LogP contribution is 2.19. The molecule has 0 saturated heterocycles. The van der Waals surface area contributed by atoms with Crippen LogP contribution in [0.3, 0.4) is 0 Å². The van der Waals surface area contributed by atoms with Crippen LogP contribution in [-0.4, -0.2) is 23.8 Å². The van der Waals surface area contributed by atoms with E-state index < -0.39 is 35.4 Å². The Bertz CT molecular complexity index is 881. The molecule has 0 spiro atoms. The van der Waals surface area contributed by atoms with Crippen molar-refractivity contribution >= 4 is 23.4 Å². The first-order chi connectivity index (χ1) is 13.0. The number of carbonyl (C=O) groups excluding carboxylic acids is 3. The van der Waals surface area contributed by atoms with Gasteiger partial charge in [0.25, 0.3) is 5.91 Å². The molecular formula is C19H17F2N3O3. The maximum Gasteiger partial charge on any atom is 0.254 e. The monoisotopic (exact) mass is 373 g/mol. The van der Waals surface area contributed by atoms with E-state index in [2.05, 4.69) is 16.0 Å². The summed E-state index contributed by atoms with van der Waals surface area (Å²) in [6.07, 6.45) is -0.0397. The van der Waals surface area contributed by atoms with Crippen LogP contribution < -0.4 is 16.0 Å². The summed E-state index contributed by atoms with van der Waals surface area (Å²) in [5.74, 6) is -2.82. The molecule has 1 unspecified atom stereocenters. The fraction of sp³-hybridized carbons (Fsp3) is 0.211. The van der Waals surface area contributed by atoms with Gasteiger partial charge in [-0.1, -0.05) is 18.2 Å². The van der Waals surface area contributed by atoms with Crippen molar-refractivity contribution in [2.24, 2.45) is 0 Å². The lowest BCUT2D eigenvalue weighted by Crippen LogP contribution is -2.42. The van der Waals surface area contributed by atoms with Crippen molar-refractivity contribution in [1.29, 1.82) is 0 Å². The van der Waals surface area contributed by atoms with Crippen LogP contribution in [-0.2, 0) is 16.1 Å². The van der Waals surface area contributed by atoms with Crippen LogP contribution in [0, 0.1) is 11.6 Å². The van der Waals surface area contributed by atoms with Gasteiger partial charge in [-0.3, -0.25) is 14.4 Å². The highest BCUT2D eigenvalue weighted by molar-refractivity contribution is 6.09. The van der Waals surface area contributed by atoms with Crippen molar-refractivity contribution in [2.75, 3.05) is 5.32 Å². The van der Waals surface area contributed by atoms with Gasteiger partial charge in [-0.05, 0) is 30.7 Å². The van der Waals surface area contributed by atoms with Gasteiger partial charge in [0, 0.05) is 18.5 Å². The van der Waals surface area contributed by atoms with Crippen molar-refractivity contribution in [3.8, 4) is 0 Å². The summed E-state index contributed by atoms with van der Waals surface area (Å²) in [4.78, 5) is 36.4. The first kappa shape index (κ1) is 18.5. The summed E-state index contributed by atoms with van der Waals surface area (Å²) in [5, 5.41) is 7.64. The zero-order valence-corrected chi connectivity index (χ0v) is 14.2. The molecule has 0 bridgehead atoms. The maximum absolute atomic E-state index is 13.6. The molecule has 27 heavy (non-hydrogen) atoms. The van der Waals surface area contributed by atoms with Crippen LogP contribution in [0.25, 0.3) is 0 Å². The lowest BCUT2D eigenvalue weighted by atomic mass is 10.1. The average molecular weight is 373 g/mol. The molecule has 0 aromatic heterocycles. The summed E-state index contributed by atoms with van der Waals surface area (Å²) < 4.78 is 27.1. The van der Waals surface area contributed by atoms with E-state index in [9.17, 15) is 23.2 Å². The number of hydrogen-bond donors (Lipinski definition) is 3. The Morgan fingerprint density at radius 3 is 2.48 bits per heavy atom. The Balaban J connectivity index is 1.56. The van der Waals surface area contributed by atoms with Crippen LogP contribution in [0.5, 0.6) is 0 Å². The Morgan fingerprint density at radius 2 is 1.74 bits per heavy atom. The van der Waals surface area contributed by atoms with E-state index in [4.69, 9.17) is 0 Å². The second-order valence-electron chi connectivity index (χ2n) is 6.08. The van der Waals surface area contributed by atoms with Gasteiger partial charge in [0.1, 0.15) is 17.7 Å². The smallest absolute Gasteiger partial charge is 0.254 e. The van der Waals surface area contributed by atoms with E-state index in [1.54, 1.807) is 24.3 Å². The minimum atomic E-state index is -0.888. The number of para-hydroxylation sites is 1. The second-order valence-corrected chi connectivity index (χ2v) is 6.08. The summed E-state index contributed by atoms with van der Waals surface area (Å²) in [6, 6.07) is 9.14. The molecule has 3 rings (SSSR count). The number of amides is 3. The van der Waals surface area contributed by atoms with Crippen LogP contribution in [0.2, 0.25) is 0 Å². The second kappa shape index (κ2) is 7.94. The van der Waals surface area contributed by atoms with Crippen LogP contribution >= 0.6 is 0 Å². The molecular weight excluding hydrogens is 356 g/mol. The van der Waals surface area contributed by atoms with Gasteiger partial charge < -0.3 is 16.0 Å². The summed E-state index contributed by atoms with van der Waals surface area (Å²) in [6.45, 7) is -0.300. The predicted molar refractivity (Wildman–Crippen MR) is 93.8 cm³/mol. The lowest BCUT2D eigenvalue weighted by Gasteiger charge is -2.14. The third-order valence-corrected chi connectivity index (χ3v) is 4.24. The Labute approximate surface area is 154 Å². The number of halogens is 2. The molecule has 1 aliphatic rings. The van der Waals surface area contributed by atoms with Crippen LogP contribution in [0.4, 0.5) is 14.5 Å². The van der Waals surface area contributed by atoms with Crippen LogP contribution in [0.15, 0.2) is 42.5 Å². The van der Waals surface area contributed by atoms with Gasteiger partial charge in [0.05, 0.1) is 11.3 Å². The largest absolute Gasteiger partial charge is 0.352 e. The number of benzene rings is 2. The summed E-state index contributed by atoms with van der Waals surface area (Å²) in [7, 11) is 0. The highest BCUT2D eigenvalue weighted by Gasteiger charge is 2.27. The molecule has 6 nitrogen and oxygen atoms in total. The summed E-state index contributed by atoms with van der Waals surface area (Å²) >= 11 is 0. The van der Waals surface area contributed by atoms with Gasteiger partial charge in [-0.25, -0.2) is 8.78 Å². The van der Waals surface area contributed by atoms with Gasteiger partial charge in [0.2, 0.25) is 11.8 Å². The van der Waals surface area contributed by atoms with E-state index in [1.165, 1.54) is 6.07 Å². The average Bonchev–Trinajstić information content (AvgIpc) is 2.76. The lowest BCUT2D eigenvalue weighted by molar-refractivity contribution is -0.122. The number of carbonyl (C=O) groups is 3. The predicted octanol–water partition coefficient (Wildman–Crippen LogP) is 2.11. The van der Waals surface area contributed by atoms with E-state index in [0.29, 0.717) is 11.3 Å². The number of fused-ring (bicyclic) bond motifs is 1. The molecule has 0 fully saturated rings. The first-order valence-corrected chi connectivity index (χ1v) is 8.36. The fourth-order valence-corrected chi connectivity index (χ4v) is 2.77. The van der Waals surface area contributed by atoms with Gasteiger partial charge >= 0.3 is 0 Å². The molecule has 3 N–H and O–H groups in total. The quantitative estimate of drug-likeness (QED) is 0.750. The van der Waals surface area contributed by atoms with E-state index in [1.807, 2.05) is 0 Å². The molecule has 0 saturated carbocycles. The summed E-state index contributed by atoms with van der Waals surface area (Å²) in [5.41, 5.74) is 0.511. The SMILES string of the molecule is O=C(CCC1NC(=O)c2ccccc2NC1=O)NCc1c(F)cccc1F. The Kier molecular flexibility index (Phi) is 5.44. The minimum absolute atomic E-state index is 0.0527. The first-order valence-electron chi connectivity index (χ1n) is 8.36. The molecule has 1 aliphatic heterocycles. The fourth-order valence-electron chi connectivity index (χ4n) is 2.77. The van der Waals surface area contributed by atoms with Crippen molar-refractivity contribution in [3.63, 3.8) is 0 Å². The molecule has 140 valence electrons. The number of anilines is 1. The van der Waals surface area contributed by atoms with Gasteiger partial charge in [0.15, 0.2) is 0 Å². The minimum Gasteiger partial charge on any atom is -0.352 e. The van der Waals surface area contributed by atoms with E-state index in [0.717, 1.165) is 12.1 Å². The van der Waals surface area contributed by atoms with Gasteiger partial charge in [-0.2, -0.15) is 0 Å². The molecule has 0 aliphatic carbocycles.